The number of carboxylic acids is 1. The monoisotopic (exact) mass is 273 g/mol. The maximum atomic E-state index is 11.0. The maximum Gasteiger partial charge on any atom is 0.335 e. The predicted octanol–water partition coefficient (Wildman–Crippen LogP) is 2.74. The van der Waals surface area contributed by atoms with Gasteiger partial charge in [-0.15, -0.1) is 0 Å². The van der Waals surface area contributed by atoms with Gasteiger partial charge in [0.05, 0.1) is 10.5 Å². The van der Waals surface area contributed by atoms with Crippen molar-refractivity contribution >= 4 is 23.2 Å². The molecule has 102 valence electrons. The number of aryl methyl sites for hydroxylation is 1. The van der Waals surface area contributed by atoms with Crippen molar-refractivity contribution in [2.24, 2.45) is 0 Å². The number of rotatable bonds is 4. The number of benzene rings is 1. The van der Waals surface area contributed by atoms with Gasteiger partial charge in [-0.1, -0.05) is 6.07 Å². The average Bonchev–Trinajstić information content (AvgIpc) is 2.41. The third kappa shape index (κ3) is 2.89. The van der Waals surface area contributed by atoms with E-state index in [1.165, 1.54) is 24.4 Å². The van der Waals surface area contributed by atoms with Crippen LogP contribution in [0.4, 0.5) is 17.2 Å². The minimum Gasteiger partial charge on any atom is -0.478 e. The Bertz CT molecular complexity index is 685. The van der Waals surface area contributed by atoms with Gasteiger partial charge in [0, 0.05) is 18.0 Å². The quantitative estimate of drug-likeness (QED) is 0.655. The Hall–Kier alpha value is -2.96. The Morgan fingerprint density at radius 3 is 2.80 bits per heavy atom. The zero-order valence-corrected chi connectivity index (χ0v) is 10.5. The van der Waals surface area contributed by atoms with Gasteiger partial charge in [-0.05, 0) is 30.7 Å². The second-order valence-electron chi connectivity index (χ2n) is 4.15. The topological polar surface area (TPSA) is 105 Å². The maximum absolute atomic E-state index is 11.0. The summed E-state index contributed by atoms with van der Waals surface area (Å²) in [6.45, 7) is 1.70. The number of aromatic carboxylic acids is 1. The van der Waals surface area contributed by atoms with E-state index in [2.05, 4.69) is 10.3 Å². The second kappa shape index (κ2) is 5.35. The van der Waals surface area contributed by atoms with E-state index in [1.54, 1.807) is 19.1 Å². The van der Waals surface area contributed by atoms with Gasteiger partial charge in [-0.2, -0.15) is 0 Å². The molecule has 0 aliphatic heterocycles. The highest BCUT2D eigenvalue weighted by Gasteiger charge is 2.16. The van der Waals surface area contributed by atoms with Crippen LogP contribution in [-0.4, -0.2) is 21.0 Å². The molecule has 0 atom stereocenters. The first-order chi connectivity index (χ1) is 9.47. The van der Waals surface area contributed by atoms with Crippen molar-refractivity contribution in [3.8, 4) is 0 Å². The average molecular weight is 273 g/mol. The van der Waals surface area contributed by atoms with Crippen LogP contribution in [0.2, 0.25) is 0 Å². The highest BCUT2D eigenvalue weighted by molar-refractivity contribution is 5.89. The molecule has 1 aromatic heterocycles. The van der Waals surface area contributed by atoms with Crippen molar-refractivity contribution < 1.29 is 14.8 Å². The van der Waals surface area contributed by atoms with Crippen LogP contribution in [0.1, 0.15) is 15.9 Å². The Morgan fingerprint density at radius 2 is 2.15 bits per heavy atom. The molecule has 7 heteroatoms. The third-order valence-electron chi connectivity index (χ3n) is 2.57. The van der Waals surface area contributed by atoms with Gasteiger partial charge >= 0.3 is 11.7 Å². The fourth-order valence-corrected chi connectivity index (χ4v) is 1.66. The summed E-state index contributed by atoms with van der Waals surface area (Å²) in [6.07, 6.45) is 1.50. The Labute approximate surface area is 114 Å². The molecule has 0 aliphatic carbocycles. The molecular weight excluding hydrogens is 262 g/mol. The van der Waals surface area contributed by atoms with E-state index in [9.17, 15) is 14.9 Å². The summed E-state index contributed by atoms with van der Waals surface area (Å²) in [7, 11) is 0. The van der Waals surface area contributed by atoms with Crippen LogP contribution in [0.15, 0.2) is 36.5 Å². The molecule has 0 bridgehead atoms. The first kappa shape index (κ1) is 13.5. The molecule has 2 N–H and O–H groups in total. The lowest BCUT2D eigenvalue weighted by Gasteiger charge is -2.07. The van der Waals surface area contributed by atoms with E-state index in [1.807, 2.05) is 0 Å². The molecule has 1 aromatic carbocycles. The number of carbonyl (C=O) groups is 1. The van der Waals surface area contributed by atoms with Gasteiger partial charge in [0.15, 0.2) is 0 Å². The van der Waals surface area contributed by atoms with Gasteiger partial charge in [0.1, 0.15) is 0 Å². The van der Waals surface area contributed by atoms with Gasteiger partial charge in [-0.25, -0.2) is 9.78 Å². The second-order valence-corrected chi connectivity index (χ2v) is 4.15. The smallest absolute Gasteiger partial charge is 0.335 e. The van der Waals surface area contributed by atoms with Crippen LogP contribution in [0.25, 0.3) is 0 Å². The highest BCUT2D eigenvalue weighted by Crippen LogP contribution is 2.26. The van der Waals surface area contributed by atoms with Crippen LogP contribution in [0.3, 0.4) is 0 Å². The molecule has 0 amide bonds. The Morgan fingerprint density at radius 1 is 1.40 bits per heavy atom. The molecule has 0 spiro atoms. The lowest BCUT2D eigenvalue weighted by Crippen LogP contribution is -2.02. The predicted molar refractivity (Wildman–Crippen MR) is 72.3 cm³/mol. The molecule has 1 heterocycles. The summed E-state index contributed by atoms with van der Waals surface area (Å²) in [6, 6.07) is 7.37. The number of pyridine rings is 1. The first-order valence-electron chi connectivity index (χ1n) is 5.69. The molecule has 0 radical (unpaired) electrons. The molecule has 0 saturated heterocycles. The van der Waals surface area contributed by atoms with Gasteiger partial charge in [0.2, 0.25) is 5.82 Å². The van der Waals surface area contributed by atoms with Crippen molar-refractivity contribution in [2.75, 3.05) is 5.32 Å². The van der Waals surface area contributed by atoms with Crippen LogP contribution in [0.5, 0.6) is 0 Å². The SMILES string of the molecule is Cc1cnc(Nc2cccc(C(=O)O)c2)c([N+](=O)[O-])c1. The number of nitro groups is 1. The number of carboxylic acid groups (broad SMARTS) is 1. The van der Waals surface area contributed by atoms with Crippen molar-refractivity contribution in [1.82, 2.24) is 4.98 Å². The molecule has 0 saturated carbocycles. The van der Waals surface area contributed by atoms with E-state index in [4.69, 9.17) is 5.11 Å². The molecule has 2 rings (SSSR count). The Kier molecular flexibility index (Phi) is 3.60. The van der Waals surface area contributed by atoms with Gasteiger partial charge in [0.25, 0.3) is 0 Å². The Balaban J connectivity index is 2.37. The fourth-order valence-electron chi connectivity index (χ4n) is 1.66. The molecule has 20 heavy (non-hydrogen) atoms. The molecule has 2 aromatic rings. The van der Waals surface area contributed by atoms with Gasteiger partial charge in [-0.3, -0.25) is 10.1 Å². The fraction of sp³-hybridized carbons (Fsp3) is 0.0769. The molecule has 7 nitrogen and oxygen atoms in total. The normalized spacial score (nSPS) is 10.1. The molecule has 0 aliphatic rings. The zero-order valence-electron chi connectivity index (χ0n) is 10.5. The highest BCUT2D eigenvalue weighted by atomic mass is 16.6. The van der Waals surface area contributed by atoms with Crippen LogP contribution < -0.4 is 5.32 Å². The lowest BCUT2D eigenvalue weighted by molar-refractivity contribution is -0.384. The summed E-state index contributed by atoms with van der Waals surface area (Å²) in [5, 5.41) is 22.6. The van der Waals surface area contributed by atoms with E-state index >= 15 is 0 Å². The standard InChI is InChI=1S/C13H11N3O4/c1-8-5-11(16(19)20)12(14-7-8)15-10-4-2-3-9(6-10)13(17)18/h2-7H,1H3,(H,14,15)(H,17,18). The minimum atomic E-state index is -1.07. The van der Waals surface area contributed by atoms with Crippen molar-refractivity contribution in [3.63, 3.8) is 0 Å². The van der Waals surface area contributed by atoms with Crippen molar-refractivity contribution in [3.05, 3.63) is 57.8 Å². The van der Waals surface area contributed by atoms with Crippen LogP contribution in [-0.2, 0) is 0 Å². The summed E-state index contributed by atoms with van der Waals surface area (Å²) >= 11 is 0. The largest absolute Gasteiger partial charge is 0.478 e. The van der Waals surface area contributed by atoms with Crippen molar-refractivity contribution in [1.29, 1.82) is 0 Å². The molecule has 0 fully saturated rings. The van der Waals surface area contributed by atoms with E-state index in [-0.39, 0.29) is 17.1 Å². The summed E-state index contributed by atoms with van der Waals surface area (Å²) in [5.74, 6) is -0.997. The molecule has 0 unspecified atom stereocenters. The van der Waals surface area contributed by atoms with E-state index in [0.717, 1.165) is 0 Å². The summed E-state index contributed by atoms with van der Waals surface area (Å²) in [5.41, 5.74) is 1.02. The first-order valence-corrected chi connectivity index (χ1v) is 5.69. The number of anilines is 2. The lowest BCUT2D eigenvalue weighted by atomic mass is 10.2. The zero-order chi connectivity index (χ0) is 14.7. The van der Waals surface area contributed by atoms with Crippen LogP contribution >= 0.6 is 0 Å². The molecular formula is C13H11N3O4. The number of aromatic nitrogens is 1. The summed E-state index contributed by atoms with van der Waals surface area (Å²) < 4.78 is 0. The van der Waals surface area contributed by atoms with Crippen molar-refractivity contribution in [2.45, 2.75) is 6.92 Å². The number of hydrogen-bond donors (Lipinski definition) is 2. The number of nitrogens with zero attached hydrogens (tertiary/aromatic N) is 2. The van der Waals surface area contributed by atoms with E-state index < -0.39 is 10.9 Å². The van der Waals surface area contributed by atoms with E-state index in [0.29, 0.717) is 11.3 Å². The number of hydrogen-bond acceptors (Lipinski definition) is 5. The van der Waals surface area contributed by atoms with Gasteiger partial charge < -0.3 is 10.4 Å². The minimum absolute atomic E-state index is 0.0724. The summed E-state index contributed by atoms with van der Waals surface area (Å²) in [4.78, 5) is 25.3. The number of nitrogens with one attached hydrogen (secondary N) is 1. The van der Waals surface area contributed by atoms with Crippen LogP contribution in [0, 0.1) is 17.0 Å². The third-order valence-corrected chi connectivity index (χ3v) is 2.57.